The van der Waals surface area contributed by atoms with Gasteiger partial charge >= 0.3 is 0 Å². The lowest BCUT2D eigenvalue weighted by Gasteiger charge is -2.10. The van der Waals surface area contributed by atoms with Gasteiger partial charge in [0.15, 0.2) is 10.4 Å². The maximum atomic E-state index is 11.8. The standard InChI is InChI=1S/C17H19BrN2O4/c1-11-3-4-13(23-2)12(9-11)7-8-19-16(21)10-20-17(22)14-5-6-15(18)24-14/h3-6,9H,7-8,10H2,1-2H3,(H,19,21)(H,20,22). The van der Waals surface area contributed by atoms with E-state index in [1.807, 2.05) is 25.1 Å². The van der Waals surface area contributed by atoms with Gasteiger partial charge in [-0.3, -0.25) is 9.59 Å². The number of carbonyl (C=O) groups excluding carboxylic acids is 2. The molecule has 0 saturated heterocycles. The monoisotopic (exact) mass is 394 g/mol. The van der Waals surface area contributed by atoms with Gasteiger partial charge in [0.2, 0.25) is 5.91 Å². The van der Waals surface area contributed by atoms with E-state index in [0.29, 0.717) is 17.6 Å². The first-order valence-electron chi connectivity index (χ1n) is 7.43. The zero-order valence-electron chi connectivity index (χ0n) is 13.5. The highest BCUT2D eigenvalue weighted by Crippen LogP contribution is 2.19. The Morgan fingerprint density at radius 1 is 1.21 bits per heavy atom. The number of furan rings is 1. The van der Waals surface area contributed by atoms with E-state index in [-0.39, 0.29) is 18.2 Å². The second-order valence-corrected chi connectivity index (χ2v) is 5.98. The number of hydrogen-bond acceptors (Lipinski definition) is 4. The molecule has 2 amide bonds. The van der Waals surface area contributed by atoms with Crippen molar-refractivity contribution in [3.63, 3.8) is 0 Å². The normalized spacial score (nSPS) is 10.3. The molecule has 1 heterocycles. The van der Waals surface area contributed by atoms with E-state index < -0.39 is 5.91 Å². The number of methoxy groups -OCH3 is 1. The zero-order valence-corrected chi connectivity index (χ0v) is 15.1. The molecule has 7 heteroatoms. The first kappa shape index (κ1) is 18.1. The van der Waals surface area contributed by atoms with Crippen LogP contribution in [0.5, 0.6) is 5.75 Å². The van der Waals surface area contributed by atoms with Crippen molar-refractivity contribution < 1.29 is 18.7 Å². The molecule has 0 saturated carbocycles. The third-order valence-corrected chi connectivity index (χ3v) is 3.79. The van der Waals surface area contributed by atoms with Gasteiger partial charge in [-0.25, -0.2) is 0 Å². The number of halogens is 1. The number of rotatable bonds is 7. The first-order valence-corrected chi connectivity index (χ1v) is 8.22. The molecule has 2 rings (SSSR count). The highest BCUT2D eigenvalue weighted by Gasteiger charge is 2.11. The third kappa shape index (κ3) is 5.13. The molecule has 0 aliphatic carbocycles. The summed E-state index contributed by atoms with van der Waals surface area (Å²) in [5.41, 5.74) is 2.16. The Morgan fingerprint density at radius 2 is 2.00 bits per heavy atom. The Hall–Kier alpha value is -2.28. The second-order valence-electron chi connectivity index (χ2n) is 5.20. The highest BCUT2D eigenvalue weighted by atomic mass is 79.9. The summed E-state index contributed by atoms with van der Waals surface area (Å²) in [7, 11) is 1.62. The fourth-order valence-corrected chi connectivity index (χ4v) is 2.49. The smallest absolute Gasteiger partial charge is 0.287 e. The number of nitrogens with one attached hydrogen (secondary N) is 2. The summed E-state index contributed by atoms with van der Waals surface area (Å²) in [6.45, 7) is 2.35. The molecule has 24 heavy (non-hydrogen) atoms. The summed E-state index contributed by atoms with van der Waals surface area (Å²) < 4.78 is 10.9. The van der Waals surface area contributed by atoms with E-state index in [2.05, 4.69) is 26.6 Å². The molecule has 0 unspecified atom stereocenters. The Morgan fingerprint density at radius 3 is 2.67 bits per heavy atom. The minimum Gasteiger partial charge on any atom is -0.496 e. The van der Waals surface area contributed by atoms with E-state index >= 15 is 0 Å². The summed E-state index contributed by atoms with van der Waals surface area (Å²) in [6.07, 6.45) is 0.648. The van der Waals surface area contributed by atoms with Gasteiger partial charge in [0.25, 0.3) is 5.91 Å². The summed E-state index contributed by atoms with van der Waals surface area (Å²) in [4.78, 5) is 23.6. The molecule has 2 N–H and O–H groups in total. The van der Waals surface area contributed by atoms with Crippen molar-refractivity contribution in [2.75, 3.05) is 20.2 Å². The van der Waals surface area contributed by atoms with Gasteiger partial charge in [0, 0.05) is 6.54 Å². The van der Waals surface area contributed by atoms with Crippen molar-refractivity contribution in [3.05, 3.63) is 51.9 Å². The lowest BCUT2D eigenvalue weighted by Crippen LogP contribution is -2.37. The van der Waals surface area contributed by atoms with Gasteiger partial charge in [-0.05, 0) is 53.0 Å². The average Bonchev–Trinajstić information content (AvgIpc) is 2.99. The van der Waals surface area contributed by atoms with Crippen LogP contribution in [0.4, 0.5) is 0 Å². The predicted molar refractivity (Wildman–Crippen MR) is 93.2 cm³/mol. The van der Waals surface area contributed by atoms with E-state index in [1.165, 1.54) is 6.07 Å². The van der Waals surface area contributed by atoms with Gasteiger partial charge in [-0.2, -0.15) is 0 Å². The number of hydrogen-bond donors (Lipinski definition) is 2. The molecule has 0 aliphatic rings. The number of aryl methyl sites for hydroxylation is 1. The Balaban J connectivity index is 1.75. The summed E-state index contributed by atoms with van der Waals surface area (Å²) in [5, 5.41) is 5.27. The molecule has 0 bridgehead atoms. The fraction of sp³-hybridized carbons (Fsp3) is 0.294. The maximum absolute atomic E-state index is 11.8. The van der Waals surface area contributed by atoms with Crippen LogP contribution in [0.15, 0.2) is 39.4 Å². The van der Waals surface area contributed by atoms with Crippen molar-refractivity contribution in [3.8, 4) is 5.75 Å². The van der Waals surface area contributed by atoms with Gasteiger partial charge in [0.05, 0.1) is 13.7 Å². The van der Waals surface area contributed by atoms with Crippen molar-refractivity contribution in [1.29, 1.82) is 0 Å². The van der Waals surface area contributed by atoms with Crippen LogP contribution in [-0.2, 0) is 11.2 Å². The number of benzene rings is 1. The summed E-state index contributed by atoms with van der Waals surface area (Å²) in [5.74, 6) is 0.252. The molecule has 2 aromatic rings. The van der Waals surface area contributed by atoms with E-state index in [9.17, 15) is 9.59 Å². The third-order valence-electron chi connectivity index (χ3n) is 3.36. The lowest BCUT2D eigenvalue weighted by atomic mass is 10.1. The molecule has 0 fully saturated rings. The molecule has 0 aliphatic heterocycles. The number of ether oxygens (including phenoxy) is 1. The van der Waals surface area contributed by atoms with Gasteiger partial charge in [-0.1, -0.05) is 17.7 Å². The molecule has 0 atom stereocenters. The Bertz CT molecular complexity index is 727. The van der Waals surface area contributed by atoms with Crippen LogP contribution in [0, 0.1) is 6.92 Å². The zero-order chi connectivity index (χ0) is 17.5. The predicted octanol–water partition coefficient (Wildman–Crippen LogP) is 2.45. The van der Waals surface area contributed by atoms with E-state index in [0.717, 1.165) is 16.9 Å². The van der Waals surface area contributed by atoms with Crippen LogP contribution < -0.4 is 15.4 Å². The van der Waals surface area contributed by atoms with Gasteiger partial charge < -0.3 is 19.8 Å². The van der Waals surface area contributed by atoms with Crippen LogP contribution in [0.1, 0.15) is 21.7 Å². The largest absolute Gasteiger partial charge is 0.496 e. The van der Waals surface area contributed by atoms with Crippen LogP contribution in [-0.4, -0.2) is 32.0 Å². The Kier molecular flexibility index (Phi) is 6.43. The molecule has 1 aromatic carbocycles. The molecule has 128 valence electrons. The van der Waals surface area contributed by atoms with E-state index in [1.54, 1.807) is 13.2 Å². The number of carbonyl (C=O) groups is 2. The SMILES string of the molecule is COc1ccc(C)cc1CCNC(=O)CNC(=O)c1ccc(Br)o1. The molecular weight excluding hydrogens is 376 g/mol. The average molecular weight is 395 g/mol. The topological polar surface area (TPSA) is 80.6 Å². The van der Waals surface area contributed by atoms with Crippen LogP contribution in [0.2, 0.25) is 0 Å². The van der Waals surface area contributed by atoms with Gasteiger partial charge in [0.1, 0.15) is 5.75 Å². The molecule has 1 aromatic heterocycles. The second kappa shape index (κ2) is 8.54. The highest BCUT2D eigenvalue weighted by molar-refractivity contribution is 9.10. The molecular formula is C17H19BrN2O4. The minimum absolute atomic E-state index is 0.109. The van der Waals surface area contributed by atoms with Crippen LogP contribution >= 0.6 is 15.9 Å². The first-order chi connectivity index (χ1) is 11.5. The van der Waals surface area contributed by atoms with Crippen LogP contribution in [0.25, 0.3) is 0 Å². The fourth-order valence-electron chi connectivity index (χ4n) is 2.19. The summed E-state index contributed by atoms with van der Waals surface area (Å²) in [6, 6.07) is 9.06. The van der Waals surface area contributed by atoms with Crippen molar-refractivity contribution in [1.82, 2.24) is 10.6 Å². The van der Waals surface area contributed by atoms with Crippen LogP contribution in [0.3, 0.4) is 0 Å². The quantitative estimate of drug-likeness (QED) is 0.755. The Labute approximate surface area is 148 Å². The maximum Gasteiger partial charge on any atom is 0.287 e. The lowest BCUT2D eigenvalue weighted by molar-refractivity contribution is -0.120. The summed E-state index contributed by atoms with van der Waals surface area (Å²) >= 11 is 3.12. The molecule has 0 spiro atoms. The van der Waals surface area contributed by atoms with Crippen molar-refractivity contribution in [2.45, 2.75) is 13.3 Å². The van der Waals surface area contributed by atoms with Crippen molar-refractivity contribution in [2.24, 2.45) is 0 Å². The van der Waals surface area contributed by atoms with Crippen molar-refractivity contribution >= 4 is 27.7 Å². The number of amides is 2. The minimum atomic E-state index is -0.434. The molecule has 6 nitrogen and oxygen atoms in total. The molecule has 0 radical (unpaired) electrons. The van der Waals surface area contributed by atoms with Gasteiger partial charge in [-0.15, -0.1) is 0 Å². The van der Waals surface area contributed by atoms with E-state index in [4.69, 9.17) is 9.15 Å².